The van der Waals surface area contributed by atoms with Crippen molar-refractivity contribution in [1.29, 1.82) is 0 Å². The van der Waals surface area contributed by atoms with Crippen LogP contribution < -0.4 is 0 Å². The molecule has 0 aromatic carbocycles. The summed E-state index contributed by atoms with van der Waals surface area (Å²) in [6, 6.07) is 0.626. The lowest BCUT2D eigenvalue weighted by Crippen LogP contribution is -2.41. The number of nitrogens with zero attached hydrogens (tertiary/aromatic N) is 1. The molecular formula is C14H27NO2. The van der Waals surface area contributed by atoms with E-state index in [2.05, 4.69) is 25.8 Å². The van der Waals surface area contributed by atoms with Crippen LogP contribution >= 0.6 is 0 Å². The van der Waals surface area contributed by atoms with Crippen molar-refractivity contribution in [1.82, 2.24) is 4.90 Å². The molecular weight excluding hydrogens is 214 g/mol. The molecule has 0 amide bonds. The summed E-state index contributed by atoms with van der Waals surface area (Å²) in [4.78, 5) is 13.8. The van der Waals surface area contributed by atoms with Crippen molar-refractivity contribution in [2.75, 3.05) is 20.7 Å². The lowest BCUT2D eigenvalue weighted by atomic mass is 9.80. The molecule has 1 aliphatic rings. The number of rotatable bonds is 4. The quantitative estimate of drug-likeness (QED) is 0.708. The van der Waals surface area contributed by atoms with Gasteiger partial charge in [-0.1, -0.05) is 20.8 Å². The van der Waals surface area contributed by atoms with Gasteiger partial charge in [0.15, 0.2) is 0 Å². The zero-order valence-corrected chi connectivity index (χ0v) is 11.9. The van der Waals surface area contributed by atoms with Gasteiger partial charge in [-0.05, 0) is 38.1 Å². The van der Waals surface area contributed by atoms with Gasteiger partial charge in [-0.3, -0.25) is 4.79 Å². The van der Waals surface area contributed by atoms with E-state index in [1.54, 1.807) is 0 Å². The summed E-state index contributed by atoms with van der Waals surface area (Å²) in [6.07, 6.45) is 3.86. The Bertz CT molecular complexity index is 245. The summed E-state index contributed by atoms with van der Waals surface area (Å²) in [6.45, 7) is 7.41. The van der Waals surface area contributed by atoms with Gasteiger partial charge < -0.3 is 9.64 Å². The summed E-state index contributed by atoms with van der Waals surface area (Å²) >= 11 is 0. The van der Waals surface area contributed by atoms with Crippen LogP contribution in [0.4, 0.5) is 0 Å². The molecule has 17 heavy (non-hydrogen) atoms. The molecule has 0 radical (unpaired) electrons. The standard InChI is InChI=1S/C14H27NO2/c1-10-6-11(2)8-13(7-10)15(4)9-12(3)14(16)17-5/h10-13H,6-9H2,1-5H3. The van der Waals surface area contributed by atoms with Crippen molar-refractivity contribution in [3.8, 4) is 0 Å². The van der Waals surface area contributed by atoms with Gasteiger partial charge in [-0.25, -0.2) is 0 Å². The highest BCUT2D eigenvalue weighted by Crippen LogP contribution is 2.31. The number of hydrogen-bond acceptors (Lipinski definition) is 3. The molecule has 0 aromatic heterocycles. The first-order valence-corrected chi connectivity index (χ1v) is 6.72. The molecule has 0 aliphatic heterocycles. The van der Waals surface area contributed by atoms with Gasteiger partial charge in [0.25, 0.3) is 0 Å². The number of methoxy groups -OCH3 is 1. The number of ether oxygens (including phenoxy) is 1. The number of carbonyl (C=O) groups excluding carboxylic acids is 1. The molecule has 0 spiro atoms. The molecule has 0 aromatic rings. The summed E-state index contributed by atoms with van der Waals surface area (Å²) in [5.74, 6) is 1.48. The summed E-state index contributed by atoms with van der Waals surface area (Å²) in [7, 11) is 3.60. The van der Waals surface area contributed by atoms with Gasteiger partial charge in [0.1, 0.15) is 0 Å². The predicted molar refractivity (Wildman–Crippen MR) is 69.8 cm³/mol. The molecule has 3 atom stereocenters. The Morgan fingerprint density at radius 2 is 1.82 bits per heavy atom. The van der Waals surface area contributed by atoms with E-state index in [1.165, 1.54) is 26.4 Å². The zero-order valence-electron chi connectivity index (χ0n) is 11.9. The molecule has 100 valence electrons. The topological polar surface area (TPSA) is 29.5 Å². The van der Waals surface area contributed by atoms with Crippen molar-refractivity contribution >= 4 is 5.97 Å². The largest absolute Gasteiger partial charge is 0.469 e. The minimum Gasteiger partial charge on any atom is -0.469 e. The van der Waals surface area contributed by atoms with Crippen LogP contribution in [-0.2, 0) is 9.53 Å². The average molecular weight is 241 g/mol. The van der Waals surface area contributed by atoms with E-state index in [-0.39, 0.29) is 11.9 Å². The molecule has 0 N–H and O–H groups in total. The first-order chi connectivity index (χ1) is 7.93. The fourth-order valence-corrected chi connectivity index (χ4v) is 3.12. The monoisotopic (exact) mass is 241 g/mol. The zero-order chi connectivity index (χ0) is 13.0. The highest BCUT2D eigenvalue weighted by Gasteiger charge is 2.28. The average Bonchev–Trinajstić information content (AvgIpc) is 2.26. The van der Waals surface area contributed by atoms with E-state index in [0.717, 1.165) is 18.4 Å². The van der Waals surface area contributed by atoms with Gasteiger partial charge >= 0.3 is 5.97 Å². The second-order valence-electron chi connectivity index (χ2n) is 5.94. The fourth-order valence-electron chi connectivity index (χ4n) is 3.12. The molecule has 0 heterocycles. The maximum absolute atomic E-state index is 11.4. The van der Waals surface area contributed by atoms with E-state index >= 15 is 0 Å². The lowest BCUT2D eigenvalue weighted by molar-refractivity contribution is -0.145. The van der Waals surface area contributed by atoms with Crippen LogP contribution in [0.25, 0.3) is 0 Å². The van der Waals surface area contributed by atoms with Crippen LogP contribution in [0, 0.1) is 17.8 Å². The Balaban J connectivity index is 2.46. The number of hydrogen-bond donors (Lipinski definition) is 0. The van der Waals surface area contributed by atoms with E-state index in [4.69, 9.17) is 4.74 Å². The third-order valence-electron chi connectivity index (χ3n) is 3.94. The first-order valence-electron chi connectivity index (χ1n) is 6.72. The van der Waals surface area contributed by atoms with E-state index < -0.39 is 0 Å². The van der Waals surface area contributed by atoms with E-state index in [9.17, 15) is 4.79 Å². The Morgan fingerprint density at radius 3 is 2.29 bits per heavy atom. The van der Waals surface area contributed by atoms with Gasteiger partial charge in [-0.2, -0.15) is 0 Å². The highest BCUT2D eigenvalue weighted by atomic mass is 16.5. The van der Waals surface area contributed by atoms with Gasteiger partial charge in [-0.15, -0.1) is 0 Å². The molecule has 3 nitrogen and oxygen atoms in total. The van der Waals surface area contributed by atoms with Crippen molar-refractivity contribution in [3.05, 3.63) is 0 Å². The maximum Gasteiger partial charge on any atom is 0.309 e. The van der Waals surface area contributed by atoms with Gasteiger partial charge in [0.2, 0.25) is 0 Å². The van der Waals surface area contributed by atoms with Crippen LogP contribution in [0.3, 0.4) is 0 Å². The normalized spacial score (nSPS) is 31.3. The first kappa shape index (κ1) is 14.5. The fraction of sp³-hybridized carbons (Fsp3) is 0.929. The van der Waals surface area contributed by atoms with Crippen LogP contribution in [0.2, 0.25) is 0 Å². The highest BCUT2D eigenvalue weighted by molar-refractivity contribution is 5.72. The van der Waals surface area contributed by atoms with Crippen molar-refractivity contribution in [2.24, 2.45) is 17.8 Å². The van der Waals surface area contributed by atoms with Gasteiger partial charge in [0.05, 0.1) is 13.0 Å². The smallest absolute Gasteiger partial charge is 0.309 e. The predicted octanol–water partition coefficient (Wildman–Crippen LogP) is 2.55. The molecule has 0 saturated heterocycles. The van der Waals surface area contributed by atoms with E-state index in [0.29, 0.717) is 6.04 Å². The van der Waals surface area contributed by atoms with Crippen LogP contribution in [0.5, 0.6) is 0 Å². The minimum absolute atomic E-state index is 0.0301. The van der Waals surface area contributed by atoms with Crippen molar-refractivity contribution < 1.29 is 9.53 Å². The Hall–Kier alpha value is -0.570. The molecule has 1 rings (SSSR count). The van der Waals surface area contributed by atoms with Crippen LogP contribution in [-0.4, -0.2) is 37.6 Å². The molecule has 3 heteroatoms. The molecule has 1 aliphatic carbocycles. The Morgan fingerprint density at radius 1 is 1.29 bits per heavy atom. The Kier molecular flexibility index (Phi) is 5.44. The number of esters is 1. The summed E-state index contributed by atoms with van der Waals surface area (Å²) in [5.41, 5.74) is 0. The molecule has 1 fully saturated rings. The van der Waals surface area contributed by atoms with Crippen LogP contribution in [0.15, 0.2) is 0 Å². The molecule has 1 saturated carbocycles. The third-order valence-corrected chi connectivity index (χ3v) is 3.94. The summed E-state index contributed by atoms with van der Waals surface area (Å²) in [5, 5.41) is 0. The minimum atomic E-state index is -0.103. The third kappa shape index (κ3) is 4.30. The second kappa shape index (κ2) is 6.39. The summed E-state index contributed by atoms with van der Waals surface area (Å²) < 4.78 is 4.78. The van der Waals surface area contributed by atoms with Crippen LogP contribution in [0.1, 0.15) is 40.0 Å². The number of carbonyl (C=O) groups is 1. The van der Waals surface area contributed by atoms with Crippen molar-refractivity contribution in [2.45, 2.75) is 46.1 Å². The second-order valence-corrected chi connectivity index (χ2v) is 5.94. The molecule has 3 unspecified atom stereocenters. The van der Waals surface area contributed by atoms with E-state index in [1.807, 2.05) is 6.92 Å². The van der Waals surface area contributed by atoms with Crippen molar-refractivity contribution in [3.63, 3.8) is 0 Å². The Labute approximate surface area is 106 Å². The van der Waals surface area contributed by atoms with Gasteiger partial charge in [0, 0.05) is 12.6 Å². The SMILES string of the molecule is COC(=O)C(C)CN(C)C1CC(C)CC(C)C1. The maximum atomic E-state index is 11.4. The molecule has 0 bridgehead atoms. The lowest BCUT2D eigenvalue weighted by Gasteiger charge is -2.38.